The summed E-state index contributed by atoms with van der Waals surface area (Å²) in [6.45, 7) is 4.41. The van der Waals surface area contributed by atoms with Crippen molar-refractivity contribution >= 4 is 22.6 Å². The molecule has 0 aliphatic heterocycles. The van der Waals surface area contributed by atoms with E-state index in [1.165, 1.54) is 69.3 Å². The van der Waals surface area contributed by atoms with Crippen LogP contribution >= 0.6 is 22.6 Å². The standard InChI is InChI=1S/C14H15N7O2.C13H15N7O2.C12H13N7O2.C11H10IN7O2/c1-20-14(22)21(19-18-20)11-4-6-15-13(9-2-3-9)10(11)8-23-12-5-7-16-17-12;1-3-10-9(8-22-12-5-7-15-16-12)11(4-6-14-10)20-13(21)19(2)17-18-20;1-8-9(7-21-11-4-6-14-15-11)10(3-5-13-8)19-12(20)18(2)16-17-19;1-18-11(20)19(17-16-18)8-2-4-13-10(12)7(8)6-21-9-3-5-14-15-9/h4-7,9H,2-3,8H2,1H3,(H,16,17);4-7H,3,8H2,1-2H3,(H,15,16);3-6H,7H2,1-2H3,(H,14,15);2-5H,6H2,1H3,(H,14,15)/i/hT4. The second kappa shape index (κ2) is 27.0. The van der Waals surface area contributed by atoms with Crippen LogP contribution in [0.3, 0.4) is 0 Å². The molecule has 87 heavy (non-hydrogen) atoms. The summed E-state index contributed by atoms with van der Waals surface area (Å²) in [6, 6.07) is 13.1. The van der Waals surface area contributed by atoms with E-state index >= 15 is 0 Å². The summed E-state index contributed by atoms with van der Waals surface area (Å²) in [4.78, 5) is 65.5. The second-order valence-electron chi connectivity index (χ2n) is 18.4. The molecule has 12 aromatic heterocycles. The van der Waals surface area contributed by atoms with Crippen LogP contribution in [0.4, 0.5) is 0 Å². The van der Waals surface area contributed by atoms with Gasteiger partial charge in [0.05, 0.1) is 28.4 Å². The largest absolute Gasteiger partial charge is 0.472 e. The molecule has 1 aliphatic carbocycles. The van der Waals surface area contributed by atoms with Gasteiger partial charge in [-0.2, -0.15) is 37.5 Å². The van der Waals surface area contributed by atoms with Gasteiger partial charge in [0, 0.05) is 142 Å². The lowest BCUT2D eigenvalue weighted by Gasteiger charge is -2.12. The van der Waals surface area contributed by atoms with Crippen LogP contribution in [-0.2, 0) is 61.0 Å². The van der Waals surface area contributed by atoms with Crippen molar-refractivity contribution in [1.29, 1.82) is 0 Å². The number of rotatable bonds is 18. The molecule has 12 heterocycles. The van der Waals surface area contributed by atoms with Crippen LogP contribution < -0.4 is 41.7 Å². The molecule has 0 atom stereocenters. The zero-order valence-corrected chi connectivity index (χ0v) is 49.1. The predicted octanol–water partition coefficient (Wildman–Crippen LogP) is 1.01. The summed E-state index contributed by atoms with van der Waals surface area (Å²) in [5.41, 5.74) is 6.19. The van der Waals surface area contributed by atoms with Gasteiger partial charge in [-0.1, -0.05) is 6.92 Å². The fourth-order valence-corrected chi connectivity index (χ4v) is 8.71. The van der Waals surface area contributed by atoms with E-state index in [1.807, 2.05) is 13.8 Å². The minimum absolute atomic E-state index is 0.140. The van der Waals surface area contributed by atoms with Gasteiger partial charge in [-0.05, 0) is 115 Å². The lowest BCUT2D eigenvalue weighted by atomic mass is 10.1. The first-order valence-corrected chi connectivity index (χ1v) is 27.1. The average molecular weight is 1310 g/mol. The molecule has 4 N–H and O–H groups in total. The van der Waals surface area contributed by atoms with Crippen LogP contribution in [0.25, 0.3) is 22.7 Å². The number of aromatic amines is 4. The number of halogens is 1. The van der Waals surface area contributed by atoms with E-state index in [0.717, 1.165) is 69.8 Å². The zero-order valence-electron chi connectivity index (χ0n) is 50.9. The van der Waals surface area contributed by atoms with Crippen molar-refractivity contribution in [2.45, 2.75) is 65.5 Å². The summed E-state index contributed by atoms with van der Waals surface area (Å²) < 4.78 is 61.8. The molecule has 0 saturated heterocycles. The molecule has 0 radical (unpaired) electrons. The van der Waals surface area contributed by atoms with Gasteiger partial charge in [0.2, 0.25) is 23.5 Å². The number of H-pyrrole nitrogens is 4. The summed E-state index contributed by atoms with van der Waals surface area (Å²) in [7, 11) is 6.13. The molecule has 12 aromatic rings. The van der Waals surface area contributed by atoms with Gasteiger partial charge in [-0.25, -0.2) is 24.2 Å². The summed E-state index contributed by atoms with van der Waals surface area (Å²) in [6.07, 6.45) is 15.1. The highest BCUT2D eigenvalue weighted by atomic mass is 127. The maximum atomic E-state index is 12.2. The van der Waals surface area contributed by atoms with E-state index in [-0.39, 0.29) is 49.2 Å². The number of ether oxygens (including phenoxy) is 4. The first-order chi connectivity index (χ1) is 43.8. The maximum absolute atomic E-state index is 12.2. The van der Waals surface area contributed by atoms with Crippen molar-refractivity contribution in [3.63, 3.8) is 0 Å². The molecule has 0 unspecified atom stereocenters. The number of tetrazole rings is 4. The number of pyridine rings is 4. The summed E-state index contributed by atoms with van der Waals surface area (Å²) in [5, 5.41) is 49.3. The summed E-state index contributed by atoms with van der Waals surface area (Å²) in [5.74, 6) is 1.67. The van der Waals surface area contributed by atoms with Crippen molar-refractivity contribution in [1.82, 2.24) is 140 Å². The Morgan fingerprint density at radius 1 is 0.471 bits per heavy atom. The molecule has 1 aliphatic rings. The molecule has 0 aromatic carbocycles. The minimum atomic E-state index is -0.362. The number of hydrogen-bond donors (Lipinski definition) is 4. The van der Waals surface area contributed by atoms with Crippen molar-refractivity contribution < 1.29 is 24.6 Å². The third kappa shape index (κ3) is 13.8. The topological polar surface area (TPSA) is 414 Å². The smallest absolute Gasteiger partial charge is 0.368 e. The first kappa shape index (κ1) is 53.8. The zero-order chi connectivity index (χ0) is 64.5. The molecule has 13 rings (SSSR count). The molecule has 1 saturated carbocycles. The average Bonchev–Trinajstić information content (AvgIpc) is 2.09. The Morgan fingerprint density at radius 3 is 1.20 bits per heavy atom. The molecule has 1 fully saturated rings. The van der Waals surface area contributed by atoms with E-state index in [4.69, 9.17) is 24.6 Å². The van der Waals surface area contributed by atoms with Crippen molar-refractivity contribution in [3.8, 4) is 46.3 Å². The number of aromatic nitrogens is 28. The van der Waals surface area contributed by atoms with Gasteiger partial charge in [0.1, 0.15) is 30.1 Å². The summed E-state index contributed by atoms with van der Waals surface area (Å²) >= 11 is 2.06. The molecular weight excluding hydrogens is 1250 g/mol. The molecule has 37 heteroatoms. The number of nitrogens with one attached hydrogen (secondary N) is 4. The quantitative estimate of drug-likeness (QED) is 0.0688. The second-order valence-corrected chi connectivity index (χ2v) is 19.4. The van der Waals surface area contributed by atoms with Crippen LogP contribution in [0.5, 0.6) is 23.5 Å². The van der Waals surface area contributed by atoms with Crippen molar-refractivity contribution in [2.75, 3.05) is 0 Å². The fraction of sp³-hybridized carbons (Fsp3) is 0.280. The Labute approximate surface area is 508 Å². The van der Waals surface area contributed by atoms with E-state index in [9.17, 15) is 19.2 Å². The highest BCUT2D eigenvalue weighted by Crippen LogP contribution is 2.41. The first-order valence-electron chi connectivity index (χ1n) is 27.8. The van der Waals surface area contributed by atoms with Crippen LogP contribution in [0.15, 0.2) is 117 Å². The van der Waals surface area contributed by atoms with Crippen molar-refractivity contribution in [3.05, 3.63) is 183 Å². The van der Waals surface area contributed by atoms with E-state index in [0.29, 0.717) is 79.1 Å². The van der Waals surface area contributed by atoms with Gasteiger partial charge in [-0.3, -0.25) is 35.3 Å². The lowest BCUT2D eigenvalue weighted by Crippen LogP contribution is -2.23. The number of aryl methyl sites for hydroxylation is 6. The Hall–Kier alpha value is -11.2. The molecule has 36 nitrogen and oxygen atoms in total. The maximum Gasteiger partial charge on any atom is 0.368 e. The van der Waals surface area contributed by atoms with Crippen LogP contribution in [0, 0.1) is 10.6 Å². The molecule has 0 amide bonds. The molecular formula is C50H53IN28O8. The monoisotopic (exact) mass is 1310 g/mol. The van der Waals surface area contributed by atoms with Gasteiger partial charge < -0.3 is 18.9 Å². The van der Waals surface area contributed by atoms with Gasteiger partial charge in [0.25, 0.3) is 0 Å². The normalized spacial score (nSPS) is 12.3. The highest BCUT2D eigenvalue weighted by molar-refractivity contribution is 14.1. The van der Waals surface area contributed by atoms with E-state index in [1.54, 1.807) is 80.4 Å². The number of nitrogens with zero attached hydrogens (tertiary/aromatic N) is 24. The molecule has 0 bridgehead atoms. The van der Waals surface area contributed by atoms with Crippen LogP contribution in [0.2, 0.25) is 5.65 Å². The molecule has 0 spiro atoms. The van der Waals surface area contributed by atoms with Crippen LogP contribution in [0.1, 0.15) is 65.0 Å². The Kier molecular flexibility index (Phi) is 16.7. The lowest BCUT2D eigenvalue weighted by molar-refractivity contribution is 0.291. The fourth-order valence-electron chi connectivity index (χ4n) is 8.12. The third-order valence-corrected chi connectivity index (χ3v) is 13.7. The third-order valence-electron chi connectivity index (χ3n) is 12.7. The van der Waals surface area contributed by atoms with Gasteiger partial charge in [0.15, 0.2) is 5.65 Å². The highest BCUT2D eigenvalue weighted by Gasteiger charge is 2.30. The van der Waals surface area contributed by atoms with E-state index < -0.39 is 0 Å². The SMILES string of the molecule is [3H]n1ccc(OCc2c(-n3nnn(C)c3=O)ccnc2C)n1.[3H]n1ccc(OCc2c(-n3nnn(C)c3=O)ccnc2C2CC2)n1.[3H]n1ccc(OCc2c(-n3nnn(C)c3=O)ccnc2CC)n1.[3H]n1ccc(OCc2c(-n3nnn(C)c3=O)ccnc2I)n1. The van der Waals surface area contributed by atoms with Crippen molar-refractivity contribution in [2.24, 2.45) is 28.2 Å². The Balaban J connectivity index is 0.000000133. The predicted molar refractivity (Wildman–Crippen MR) is 308 cm³/mol. The van der Waals surface area contributed by atoms with E-state index in [2.05, 4.69) is 105 Å². The molecule has 448 valence electrons. The van der Waals surface area contributed by atoms with Crippen LogP contribution in [-0.4, -0.2) is 140 Å². The minimum Gasteiger partial charge on any atom is -0.472 e. The Bertz CT molecular complexity index is 4600. The van der Waals surface area contributed by atoms with Gasteiger partial charge >= 0.3 is 22.8 Å². The Morgan fingerprint density at radius 2 is 0.816 bits per heavy atom. The number of hydrogen-bond acceptors (Lipinski definition) is 24. The van der Waals surface area contributed by atoms with Gasteiger partial charge in [-0.15, -0.1) is 20.4 Å².